The summed E-state index contributed by atoms with van der Waals surface area (Å²) in [7, 11) is 1.59. The maximum atomic E-state index is 13.2. The number of hydrogen-bond acceptors (Lipinski definition) is 6. The summed E-state index contributed by atoms with van der Waals surface area (Å²) >= 11 is 0. The van der Waals surface area contributed by atoms with Gasteiger partial charge in [0.25, 0.3) is 0 Å². The average Bonchev–Trinajstić information content (AvgIpc) is 3.52. The first kappa shape index (κ1) is 27.9. The van der Waals surface area contributed by atoms with Crippen LogP contribution >= 0.6 is 0 Å². The van der Waals surface area contributed by atoms with E-state index in [9.17, 15) is 14.7 Å². The largest absolute Gasteiger partial charge is 0.507 e. The molecule has 3 aliphatic rings. The molecule has 42 heavy (non-hydrogen) atoms. The van der Waals surface area contributed by atoms with Crippen LogP contribution in [0.5, 0.6) is 11.5 Å². The number of rotatable bonds is 8. The summed E-state index contributed by atoms with van der Waals surface area (Å²) in [5.74, 6) is 0.00110. The zero-order valence-corrected chi connectivity index (χ0v) is 24.2. The molecule has 0 radical (unpaired) electrons. The minimum atomic E-state index is -0.378. The number of likely N-dealkylation sites (tertiary alicyclic amines) is 1. The molecule has 2 saturated heterocycles. The Bertz CT molecular complexity index is 1540. The Balaban J connectivity index is 1.31. The van der Waals surface area contributed by atoms with Gasteiger partial charge in [0.05, 0.1) is 30.2 Å². The number of fused-ring (bicyclic) bond motifs is 3. The van der Waals surface area contributed by atoms with E-state index in [2.05, 4.69) is 11.1 Å². The van der Waals surface area contributed by atoms with Crippen molar-refractivity contribution in [2.45, 2.75) is 39.2 Å². The molecule has 2 amide bonds. The van der Waals surface area contributed by atoms with Crippen LogP contribution in [0.25, 0.3) is 11.6 Å². The number of ether oxygens (including phenoxy) is 2. The van der Waals surface area contributed by atoms with Crippen LogP contribution in [0, 0.1) is 31.6 Å². The van der Waals surface area contributed by atoms with E-state index >= 15 is 0 Å². The summed E-state index contributed by atoms with van der Waals surface area (Å²) in [6.45, 7) is 4.59. The van der Waals surface area contributed by atoms with Crippen molar-refractivity contribution >= 4 is 23.5 Å². The van der Waals surface area contributed by atoms with E-state index in [0.717, 1.165) is 44.9 Å². The molecule has 0 bridgehead atoms. The number of carbonyl (C=O) groups excluding carboxylic acids is 2. The van der Waals surface area contributed by atoms with Crippen molar-refractivity contribution in [3.8, 4) is 11.5 Å². The number of benzene rings is 2. The van der Waals surface area contributed by atoms with Gasteiger partial charge < -0.3 is 14.6 Å². The molecular formula is C35H36N2O5. The van der Waals surface area contributed by atoms with Gasteiger partial charge >= 0.3 is 0 Å². The monoisotopic (exact) mass is 564 g/mol. The minimum absolute atomic E-state index is 0.105. The van der Waals surface area contributed by atoms with Crippen molar-refractivity contribution in [3.63, 3.8) is 0 Å². The Labute approximate surface area is 246 Å². The third kappa shape index (κ3) is 5.25. The maximum Gasteiger partial charge on any atom is 0.233 e. The fraction of sp³-hybridized carbons (Fsp3) is 0.343. The number of aryl methyl sites for hydroxylation is 2. The molecule has 1 aromatic heterocycles. The number of allylic oxidation sites excluding steroid dienone is 1. The number of aromatic nitrogens is 1. The van der Waals surface area contributed by atoms with Crippen LogP contribution in [-0.4, -0.2) is 53.2 Å². The minimum Gasteiger partial charge on any atom is -0.507 e. The SMILES string of the molecule is Cc1cc(/C=C(/CC[C@H]2OC[C@H]3C2=C(COc2ccccc2)C[C@H]2C(=O)N(C)C(=O)[C@H]23)c2ccccn2)cc(C)c1O. The highest BCUT2D eigenvalue weighted by molar-refractivity contribution is 6.05. The summed E-state index contributed by atoms with van der Waals surface area (Å²) in [6.07, 6.45) is 5.65. The average molecular weight is 565 g/mol. The van der Waals surface area contributed by atoms with Crippen molar-refractivity contribution in [3.05, 3.63) is 100 Å². The van der Waals surface area contributed by atoms with Gasteiger partial charge in [-0.3, -0.25) is 19.5 Å². The highest BCUT2D eigenvalue weighted by Gasteiger charge is 2.56. The van der Waals surface area contributed by atoms with Gasteiger partial charge in [-0.05, 0) is 109 Å². The molecule has 3 heterocycles. The number of carbonyl (C=O) groups is 2. The highest BCUT2D eigenvalue weighted by Crippen LogP contribution is 2.49. The fourth-order valence-electron chi connectivity index (χ4n) is 6.84. The summed E-state index contributed by atoms with van der Waals surface area (Å²) < 4.78 is 12.6. The number of phenols is 1. The first-order valence-electron chi connectivity index (χ1n) is 14.6. The fourth-order valence-corrected chi connectivity index (χ4v) is 6.84. The summed E-state index contributed by atoms with van der Waals surface area (Å²) in [4.78, 5) is 32.1. The van der Waals surface area contributed by atoms with Crippen LogP contribution in [-0.2, 0) is 14.3 Å². The number of nitrogens with zero attached hydrogens (tertiary/aromatic N) is 2. The van der Waals surface area contributed by atoms with E-state index in [-0.39, 0.29) is 35.7 Å². The number of imide groups is 1. The quantitative estimate of drug-likeness (QED) is 0.277. The molecule has 1 aliphatic carbocycles. The smallest absolute Gasteiger partial charge is 0.233 e. The first-order chi connectivity index (χ1) is 20.3. The van der Waals surface area contributed by atoms with Gasteiger partial charge in [0, 0.05) is 19.2 Å². The van der Waals surface area contributed by atoms with E-state index in [1.807, 2.05) is 74.5 Å². The number of phenolic OH excluding ortho intramolecular Hbond substituents is 1. The van der Waals surface area contributed by atoms with Crippen molar-refractivity contribution in [1.29, 1.82) is 0 Å². The Hall–Kier alpha value is -4.23. The summed E-state index contributed by atoms with van der Waals surface area (Å²) in [6, 6.07) is 19.5. The van der Waals surface area contributed by atoms with Crippen molar-refractivity contribution < 1.29 is 24.2 Å². The molecule has 2 fully saturated rings. The van der Waals surface area contributed by atoms with Gasteiger partial charge in [0.1, 0.15) is 18.1 Å². The van der Waals surface area contributed by atoms with Crippen LogP contribution in [0.1, 0.15) is 41.6 Å². The third-order valence-corrected chi connectivity index (χ3v) is 8.91. The molecular weight excluding hydrogens is 528 g/mol. The molecule has 4 atom stereocenters. The zero-order valence-electron chi connectivity index (χ0n) is 24.2. The van der Waals surface area contributed by atoms with Crippen LogP contribution < -0.4 is 4.74 Å². The van der Waals surface area contributed by atoms with Crippen molar-refractivity contribution in [2.75, 3.05) is 20.3 Å². The predicted octanol–water partition coefficient (Wildman–Crippen LogP) is 5.75. The number of aromatic hydroxyl groups is 1. The van der Waals surface area contributed by atoms with E-state index in [0.29, 0.717) is 38.2 Å². The van der Waals surface area contributed by atoms with Crippen LogP contribution in [0.4, 0.5) is 0 Å². The number of hydrogen-bond donors (Lipinski definition) is 1. The van der Waals surface area contributed by atoms with Gasteiger partial charge in [-0.15, -0.1) is 0 Å². The Morgan fingerprint density at radius 1 is 1.05 bits per heavy atom. The third-order valence-electron chi connectivity index (χ3n) is 8.91. The predicted molar refractivity (Wildman–Crippen MR) is 160 cm³/mol. The Morgan fingerprint density at radius 2 is 1.79 bits per heavy atom. The van der Waals surface area contributed by atoms with E-state index < -0.39 is 0 Å². The number of amides is 2. The van der Waals surface area contributed by atoms with E-state index in [1.165, 1.54) is 4.90 Å². The van der Waals surface area contributed by atoms with E-state index in [4.69, 9.17) is 9.47 Å². The Kier molecular flexibility index (Phi) is 7.69. The highest BCUT2D eigenvalue weighted by atomic mass is 16.5. The first-order valence-corrected chi connectivity index (χ1v) is 14.6. The second-order valence-corrected chi connectivity index (χ2v) is 11.6. The van der Waals surface area contributed by atoms with Crippen LogP contribution in [0.15, 0.2) is 78.0 Å². The van der Waals surface area contributed by atoms with Crippen LogP contribution in [0.2, 0.25) is 0 Å². The lowest BCUT2D eigenvalue weighted by Gasteiger charge is -2.31. The molecule has 0 unspecified atom stereocenters. The molecule has 0 spiro atoms. The topological polar surface area (TPSA) is 89.0 Å². The zero-order chi connectivity index (χ0) is 29.4. The van der Waals surface area contributed by atoms with Crippen LogP contribution in [0.3, 0.4) is 0 Å². The molecule has 1 N–H and O–H groups in total. The molecule has 7 nitrogen and oxygen atoms in total. The summed E-state index contributed by atoms with van der Waals surface area (Å²) in [5, 5.41) is 10.3. The molecule has 2 aromatic carbocycles. The maximum absolute atomic E-state index is 13.2. The lowest BCUT2D eigenvalue weighted by atomic mass is 9.69. The molecule has 7 heteroatoms. The second-order valence-electron chi connectivity index (χ2n) is 11.6. The standard InChI is InChI=1S/C35H36N2O5/c1-21-15-23(16-22(2)33(21)38)17-24(29-11-7-8-14-36-29)12-13-30-31-25(19-41-26-9-5-4-6-10-26)18-27-32(28(31)20-42-30)35(40)37(3)34(27)39/h4-11,14-17,27-28,30,32,38H,12-13,18-20H2,1-3H3/b24-17-/t27-,28+,30-,32-/m1/s1. The number of para-hydroxylation sites is 1. The molecule has 2 aliphatic heterocycles. The van der Waals surface area contributed by atoms with Gasteiger partial charge in [-0.2, -0.15) is 0 Å². The van der Waals surface area contributed by atoms with Gasteiger partial charge in [0.15, 0.2) is 0 Å². The lowest BCUT2D eigenvalue weighted by Crippen LogP contribution is -2.35. The van der Waals surface area contributed by atoms with Crippen molar-refractivity contribution in [1.82, 2.24) is 9.88 Å². The molecule has 3 aromatic rings. The second kappa shape index (κ2) is 11.6. The lowest BCUT2D eigenvalue weighted by molar-refractivity contribution is -0.138. The van der Waals surface area contributed by atoms with Gasteiger partial charge in [-0.25, -0.2) is 0 Å². The molecule has 0 saturated carbocycles. The Morgan fingerprint density at radius 3 is 2.50 bits per heavy atom. The summed E-state index contributed by atoms with van der Waals surface area (Å²) in [5.41, 5.74) is 6.80. The molecule has 6 rings (SSSR count). The van der Waals surface area contributed by atoms with E-state index in [1.54, 1.807) is 13.2 Å². The van der Waals surface area contributed by atoms with Crippen molar-refractivity contribution in [2.24, 2.45) is 17.8 Å². The normalized spacial score (nSPS) is 23.8. The molecule has 216 valence electrons. The van der Waals surface area contributed by atoms with Gasteiger partial charge in [0.2, 0.25) is 11.8 Å². The van der Waals surface area contributed by atoms with Gasteiger partial charge in [-0.1, -0.05) is 24.3 Å². The number of pyridine rings is 1.